The van der Waals surface area contributed by atoms with Crippen molar-refractivity contribution in [1.82, 2.24) is 5.32 Å². The zero-order chi connectivity index (χ0) is 17.8. The second kappa shape index (κ2) is 7.19. The normalized spacial score (nSPS) is 16.6. The number of carbonyl (C=O) groups is 2. The van der Waals surface area contributed by atoms with Crippen LogP contribution in [0.3, 0.4) is 0 Å². The van der Waals surface area contributed by atoms with E-state index in [1.807, 2.05) is 30.3 Å². The number of nitrogens with zero attached hydrogens (tertiary/aromatic N) is 1. The number of allylic oxidation sites excluding steroid dienone is 2. The number of hydrogen-bond acceptors (Lipinski definition) is 3. The van der Waals surface area contributed by atoms with E-state index < -0.39 is 17.6 Å². The lowest BCUT2D eigenvalue weighted by Gasteiger charge is -2.28. The number of thiocarbonyl (C=S) groups is 1. The lowest BCUT2D eigenvalue weighted by molar-refractivity contribution is -0.122. The highest BCUT2D eigenvalue weighted by Gasteiger charge is 2.33. The molecule has 0 atom stereocenters. The molecule has 6 heteroatoms. The van der Waals surface area contributed by atoms with Crippen LogP contribution in [0.25, 0.3) is 6.08 Å². The van der Waals surface area contributed by atoms with Gasteiger partial charge in [-0.1, -0.05) is 42.5 Å². The molecule has 1 aliphatic heterocycles. The van der Waals surface area contributed by atoms with Crippen molar-refractivity contribution in [2.75, 3.05) is 4.90 Å². The quantitative estimate of drug-likeness (QED) is 0.524. The molecule has 0 aromatic heterocycles. The van der Waals surface area contributed by atoms with Crippen molar-refractivity contribution in [1.29, 1.82) is 0 Å². The van der Waals surface area contributed by atoms with Gasteiger partial charge in [0.1, 0.15) is 11.4 Å². The zero-order valence-corrected chi connectivity index (χ0v) is 13.8. The topological polar surface area (TPSA) is 49.4 Å². The summed E-state index contributed by atoms with van der Waals surface area (Å²) in [4.78, 5) is 25.9. The summed E-state index contributed by atoms with van der Waals surface area (Å²) in [5, 5.41) is 2.44. The predicted octanol–water partition coefficient (Wildman–Crippen LogP) is 3.21. The highest BCUT2D eigenvalue weighted by molar-refractivity contribution is 7.80. The van der Waals surface area contributed by atoms with Gasteiger partial charge in [-0.05, 0) is 48.1 Å². The third-order valence-corrected chi connectivity index (χ3v) is 3.82. The van der Waals surface area contributed by atoms with Crippen molar-refractivity contribution >= 4 is 40.9 Å². The van der Waals surface area contributed by atoms with Gasteiger partial charge in [-0.25, -0.2) is 4.39 Å². The zero-order valence-electron chi connectivity index (χ0n) is 13.0. The molecular formula is C19H13FN2O2S. The van der Waals surface area contributed by atoms with Crippen molar-refractivity contribution in [2.45, 2.75) is 0 Å². The van der Waals surface area contributed by atoms with Gasteiger partial charge in [-0.15, -0.1) is 0 Å². The molecule has 2 amide bonds. The van der Waals surface area contributed by atoms with Crippen molar-refractivity contribution in [3.05, 3.63) is 83.7 Å². The predicted molar refractivity (Wildman–Crippen MR) is 98.2 cm³/mol. The average Bonchev–Trinajstić information content (AvgIpc) is 2.60. The summed E-state index contributed by atoms with van der Waals surface area (Å²) in [6, 6.07) is 14.8. The molecule has 2 aromatic carbocycles. The van der Waals surface area contributed by atoms with Gasteiger partial charge in [0.05, 0.1) is 5.69 Å². The molecule has 0 saturated carbocycles. The molecule has 0 radical (unpaired) electrons. The lowest BCUT2D eigenvalue weighted by Crippen LogP contribution is -2.54. The maximum atomic E-state index is 13.1. The molecule has 1 heterocycles. The van der Waals surface area contributed by atoms with Crippen LogP contribution in [0.15, 0.2) is 72.3 Å². The highest BCUT2D eigenvalue weighted by Crippen LogP contribution is 2.21. The number of amides is 2. The summed E-state index contributed by atoms with van der Waals surface area (Å²) in [7, 11) is 0. The Morgan fingerprint density at radius 1 is 1.00 bits per heavy atom. The molecule has 0 unspecified atom stereocenters. The molecule has 124 valence electrons. The maximum absolute atomic E-state index is 13.1. The van der Waals surface area contributed by atoms with Crippen LogP contribution >= 0.6 is 12.2 Å². The first-order valence-electron chi connectivity index (χ1n) is 7.45. The van der Waals surface area contributed by atoms with E-state index >= 15 is 0 Å². The van der Waals surface area contributed by atoms with E-state index in [9.17, 15) is 14.0 Å². The van der Waals surface area contributed by atoms with Crippen LogP contribution in [0.5, 0.6) is 0 Å². The Bertz CT molecular complexity index is 889. The fourth-order valence-corrected chi connectivity index (χ4v) is 2.60. The molecule has 2 aromatic rings. The second-order valence-electron chi connectivity index (χ2n) is 5.23. The van der Waals surface area contributed by atoms with Gasteiger partial charge in [-0.2, -0.15) is 0 Å². The summed E-state index contributed by atoms with van der Waals surface area (Å²) >= 11 is 5.07. The van der Waals surface area contributed by atoms with Crippen LogP contribution in [-0.2, 0) is 9.59 Å². The Hall–Kier alpha value is -3.12. The van der Waals surface area contributed by atoms with Crippen LogP contribution in [-0.4, -0.2) is 16.9 Å². The molecule has 0 spiro atoms. The van der Waals surface area contributed by atoms with Crippen molar-refractivity contribution < 1.29 is 14.0 Å². The molecule has 25 heavy (non-hydrogen) atoms. The van der Waals surface area contributed by atoms with Crippen LogP contribution < -0.4 is 10.2 Å². The van der Waals surface area contributed by atoms with Crippen LogP contribution in [0.4, 0.5) is 10.1 Å². The van der Waals surface area contributed by atoms with Gasteiger partial charge >= 0.3 is 0 Å². The Labute approximate surface area is 149 Å². The highest BCUT2D eigenvalue weighted by atomic mass is 32.1. The number of hydrogen-bond donors (Lipinski definition) is 1. The number of carbonyl (C=O) groups excluding carboxylic acids is 2. The number of nitrogens with one attached hydrogen (secondary N) is 1. The molecule has 1 N–H and O–H groups in total. The first kappa shape index (κ1) is 16.7. The Morgan fingerprint density at radius 3 is 2.36 bits per heavy atom. The van der Waals surface area contributed by atoms with Crippen LogP contribution in [0, 0.1) is 5.82 Å². The van der Waals surface area contributed by atoms with E-state index in [4.69, 9.17) is 12.2 Å². The molecule has 0 bridgehead atoms. The maximum Gasteiger partial charge on any atom is 0.270 e. The van der Waals surface area contributed by atoms with Crippen LogP contribution in [0.2, 0.25) is 0 Å². The van der Waals surface area contributed by atoms with E-state index in [2.05, 4.69) is 5.32 Å². The van der Waals surface area contributed by atoms with Crippen LogP contribution in [0.1, 0.15) is 5.56 Å². The van der Waals surface area contributed by atoms with Gasteiger partial charge in [0.15, 0.2) is 5.11 Å². The Morgan fingerprint density at radius 2 is 1.68 bits per heavy atom. The summed E-state index contributed by atoms with van der Waals surface area (Å²) in [5.41, 5.74) is 1.27. The lowest BCUT2D eigenvalue weighted by atomic mass is 10.1. The molecule has 4 nitrogen and oxygen atoms in total. The van der Waals surface area contributed by atoms with Gasteiger partial charge in [-0.3, -0.25) is 19.8 Å². The smallest absolute Gasteiger partial charge is 0.270 e. The minimum Gasteiger partial charge on any atom is -0.298 e. The van der Waals surface area contributed by atoms with Crippen molar-refractivity contribution in [2.24, 2.45) is 0 Å². The molecule has 1 saturated heterocycles. The summed E-state index contributed by atoms with van der Waals surface area (Å²) in [6.07, 6.45) is 4.84. The number of rotatable bonds is 3. The summed E-state index contributed by atoms with van der Waals surface area (Å²) in [6.45, 7) is 0. The minimum absolute atomic E-state index is 0.0363. The monoisotopic (exact) mass is 352 g/mol. The standard InChI is InChI=1S/C19H13FN2O2S/c20-14-9-11-15(12-10-14)22-18(24)16(17(23)21-19(22)25)8-4-7-13-5-2-1-3-6-13/h1-12H,(H,21,23,25)/b7-4+,16-8+. The van der Waals surface area contributed by atoms with E-state index in [1.54, 1.807) is 12.2 Å². The Kier molecular flexibility index (Phi) is 4.81. The largest absolute Gasteiger partial charge is 0.298 e. The fraction of sp³-hybridized carbons (Fsp3) is 0. The van der Waals surface area contributed by atoms with E-state index in [1.165, 1.54) is 35.2 Å². The third-order valence-electron chi connectivity index (χ3n) is 3.54. The van der Waals surface area contributed by atoms with E-state index in [0.717, 1.165) is 5.56 Å². The fourth-order valence-electron chi connectivity index (χ4n) is 2.32. The van der Waals surface area contributed by atoms with Crippen molar-refractivity contribution in [3.8, 4) is 0 Å². The second-order valence-corrected chi connectivity index (χ2v) is 5.61. The van der Waals surface area contributed by atoms with Crippen molar-refractivity contribution in [3.63, 3.8) is 0 Å². The summed E-state index contributed by atoms with van der Waals surface area (Å²) in [5.74, 6) is -1.55. The minimum atomic E-state index is -0.564. The number of halogens is 1. The molecule has 3 rings (SSSR count). The SMILES string of the molecule is O=C1NC(=S)N(c2ccc(F)cc2)C(=O)/C1=C/C=C/c1ccccc1. The third kappa shape index (κ3) is 3.70. The number of anilines is 1. The Balaban J connectivity index is 1.88. The van der Waals surface area contributed by atoms with Gasteiger partial charge in [0, 0.05) is 0 Å². The first-order valence-corrected chi connectivity index (χ1v) is 7.86. The number of benzene rings is 2. The molecule has 1 fully saturated rings. The average molecular weight is 352 g/mol. The van der Waals surface area contributed by atoms with Gasteiger partial charge in [0.25, 0.3) is 11.8 Å². The van der Waals surface area contributed by atoms with Gasteiger partial charge in [0.2, 0.25) is 0 Å². The van der Waals surface area contributed by atoms with Gasteiger partial charge < -0.3 is 0 Å². The first-order chi connectivity index (χ1) is 12.1. The van der Waals surface area contributed by atoms with E-state index in [0.29, 0.717) is 5.69 Å². The molecular weight excluding hydrogens is 339 g/mol. The molecule has 0 aliphatic carbocycles. The van der Waals surface area contributed by atoms with E-state index in [-0.39, 0.29) is 10.7 Å². The molecule has 1 aliphatic rings. The summed E-state index contributed by atoms with van der Waals surface area (Å²) < 4.78 is 13.1.